The maximum atomic E-state index is 2.77. The van der Waals surface area contributed by atoms with E-state index in [1.165, 1.54) is 6.42 Å². The lowest BCUT2D eigenvalue weighted by Crippen LogP contribution is -1.86. The number of hydrogen-bond acceptors (Lipinski definition) is 0. The molecule has 0 aliphatic heterocycles. The molecule has 36 valence electrons. The van der Waals surface area contributed by atoms with Crippen LogP contribution in [0.25, 0.3) is 0 Å². The van der Waals surface area contributed by atoms with Crippen LogP contribution in [-0.4, -0.2) is 16.3 Å². The third-order valence-corrected chi connectivity index (χ3v) is 1.51. The lowest BCUT2D eigenvalue weighted by molar-refractivity contribution is 1.03. The molecule has 1 unspecified atom stereocenters. The monoisotopic (exact) mass is 108 g/mol. The first kappa shape index (κ1) is 5.16. The van der Waals surface area contributed by atoms with Crippen molar-refractivity contribution in [3.05, 3.63) is 24.3 Å². The Morgan fingerprint density at radius 2 is 2.43 bits per heavy atom. The van der Waals surface area contributed by atoms with E-state index in [0.29, 0.717) is 4.78 Å². The summed E-state index contributed by atoms with van der Waals surface area (Å²) in [5, 5.41) is 0. The Hall–Kier alpha value is 0.0125. The Balaban J connectivity index is 0.000000490. The van der Waals surface area contributed by atoms with Crippen molar-refractivity contribution in [3.8, 4) is 0 Å². The van der Waals surface area contributed by atoms with Crippen molar-refractivity contribution < 1.29 is 1.43 Å². The molecule has 0 nitrogen and oxygen atoms in total. The van der Waals surface area contributed by atoms with Crippen LogP contribution in [0.3, 0.4) is 0 Å². The molecule has 1 aliphatic carbocycles. The van der Waals surface area contributed by atoms with Gasteiger partial charge in [0.1, 0.15) is 16.3 Å². The van der Waals surface area contributed by atoms with Gasteiger partial charge in [-0.15, -0.1) is 0 Å². The van der Waals surface area contributed by atoms with Crippen LogP contribution in [0, 0.1) is 0 Å². The number of allylic oxidation sites excluding steroid dienone is 4. The molecular weight excluding hydrogens is 99.0 g/mol. The maximum Gasteiger partial charge on any atom is 0.131 e. The van der Waals surface area contributed by atoms with Crippen LogP contribution in [0.1, 0.15) is 7.85 Å². The molecule has 0 aromatic carbocycles. The van der Waals surface area contributed by atoms with Gasteiger partial charge in [-0.3, -0.25) is 0 Å². The molecule has 7 heavy (non-hydrogen) atoms. The second-order valence-corrected chi connectivity index (χ2v) is 2.57. The predicted molar refractivity (Wildman–Crippen MR) is 34.5 cm³/mol. The fraction of sp³-hybridized carbons (Fsp3) is 0.333. The van der Waals surface area contributed by atoms with E-state index < -0.39 is 0 Å². The second-order valence-electron chi connectivity index (χ2n) is 1.71. The quantitative estimate of drug-likeness (QED) is 0.414. The second kappa shape index (κ2) is 2.35. The van der Waals surface area contributed by atoms with Gasteiger partial charge >= 0.3 is 0 Å². The van der Waals surface area contributed by atoms with Gasteiger partial charge in [0, 0.05) is 1.43 Å². The van der Waals surface area contributed by atoms with Crippen molar-refractivity contribution in [1.29, 1.82) is 0 Å². The molecule has 0 saturated heterocycles. The minimum Gasteiger partial charge on any atom is -0.0966 e. The third kappa shape index (κ3) is 1.51. The van der Waals surface area contributed by atoms with Gasteiger partial charge in [0.2, 0.25) is 0 Å². The molecule has 0 amide bonds. The summed E-state index contributed by atoms with van der Waals surface area (Å²) in [4.78, 5) is 0. The van der Waals surface area contributed by atoms with Crippen molar-refractivity contribution >= 4 is 16.3 Å². The summed E-state index contributed by atoms with van der Waals surface area (Å²) in [7, 11) is 0. The normalized spacial score (nSPS) is 28.3. The summed E-state index contributed by atoms with van der Waals surface area (Å²) in [6, 6.07) is 0. The van der Waals surface area contributed by atoms with E-state index in [1.807, 2.05) is 0 Å². The van der Waals surface area contributed by atoms with E-state index in [1.54, 1.807) is 0 Å². The summed E-state index contributed by atoms with van der Waals surface area (Å²) < 4.78 is 0.685. The Bertz CT molecular complexity index is 107. The summed E-state index contributed by atoms with van der Waals surface area (Å²) in [5.41, 5.74) is 0. The highest BCUT2D eigenvalue weighted by atomic mass is 27.0. The van der Waals surface area contributed by atoms with Crippen molar-refractivity contribution in [3.63, 3.8) is 0 Å². The van der Waals surface area contributed by atoms with Crippen molar-refractivity contribution in [2.75, 3.05) is 0 Å². The molecule has 1 atom stereocenters. The van der Waals surface area contributed by atoms with Gasteiger partial charge in [0.15, 0.2) is 0 Å². The topological polar surface area (TPSA) is 0 Å². The van der Waals surface area contributed by atoms with Crippen LogP contribution in [0.15, 0.2) is 24.3 Å². The molecular formula is C6H9Al. The first-order valence-electron chi connectivity index (χ1n) is 2.48. The Morgan fingerprint density at radius 1 is 1.57 bits per heavy atom. The SMILES string of the molecule is [Al][CH]1C=CC=CC1.[HH]. The van der Waals surface area contributed by atoms with E-state index in [2.05, 4.69) is 40.6 Å². The van der Waals surface area contributed by atoms with Crippen molar-refractivity contribution in [2.24, 2.45) is 0 Å². The Kier molecular flexibility index (Phi) is 1.73. The molecule has 0 aromatic rings. The van der Waals surface area contributed by atoms with Crippen LogP contribution in [0.4, 0.5) is 0 Å². The maximum absolute atomic E-state index is 2.77. The zero-order valence-electron chi connectivity index (χ0n) is 4.17. The standard InChI is InChI=1S/C6H7.Al.H2/c1-2-4-6-5-3-1;;/h1-5H,6H2;;1H. The first-order chi connectivity index (χ1) is 3.39. The van der Waals surface area contributed by atoms with Crippen LogP contribution in [-0.2, 0) is 0 Å². The smallest absolute Gasteiger partial charge is 0.0966 e. The van der Waals surface area contributed by atoms with Gasteiger partial charge in [-0.05, 0) is 6.42 Å². The van der Waals surface area contributed by atoms with E-state index in [0.717, 1.165) is 0 Å². The lowest BCUT2D eigenvalue weighted by Gasteiger charge is -2.03. The van der Waals surface area contributed by atoms with Crippen LogP contribution in [0.2, 0.25) is 4.78 Å². The molecule has 0 heterocycles. The highest BCUT2D eigenvalue weighted by Gasteiger charge is 1.92. The molecule has 0 aromatic heterocycles. The van der Waals surface area contributed by atoms with E-state index in [9.17, 15) is 0 Å². The van der Waals surface area contributed by atoms with Gasteiger partial charge < -0.3 is 0 Å². The summed E-state index contributed by atoms with van der Waals surface area (Å²) >= 11 is 2.77. The van der Waals surface area contributed by atoms with Gasteiger partial charge in [-0.1, -0.05) is 29.1 Å². The third-order valence-electron chi connectivity index (χ3n) is 1.01. The lowest BCUT2D eigenvalue weighted by atomic mass is 10.2. The van der Waals surface area contributed by atoms with Crippen LogP contribution >= 0.6 is 0 Å². The first-order valence-corrected chi connectivity index (χ1v) is 3.15. The molecule has 0 spiro atoms. The molecule has 1 aliphatic rings. The number of rotatable bonds is 0. The molecule has 0 N–H and O–H groups in total. The molecule has 0 fully saturated rings. The van der Waals surface area contributed by atoms with Gasteiger partial charge in [0.25, 0.3) is 0 Å². The zero-order chi connectivity index (χ0) is 5.11. The Labute approximate surface area is 53.8 Å². The minimum absolute atomic E-state index is 0. The largest absolute Gasteiger partial charge is 0.131 e. The Morgan fingerprint density at radius 3 is 2.71 bits per heavy atom. The molecule has 2 radical (unpaired) electrons. The average molecular weight is 108 g/mol. The van der Waals surface area contributed by atoms with Gasteiger partial charge in [-0.2, -0.15) is 0 Å². The zero-order valence-corrected chi connectivity index (χ0v) is 5.33. The van der Waals surface area contributed by atoms with E-state index >= 15 is 0 Å². The fourth-order valence-corrected chi connectivity index (χ4v) is 0.885. The van der Waals surface area contributed by atoms with E-state index in [4.69, 9.17) is 0 Å². The van der Waals surface area contributed by atoms with Crippen molar-refractivity contribution in [2.45, 2.75) is 11.2 Å². The number of hydrogen-bond donors (Lipinski definition) is 0. The highest BCUT2D eigenvalue weighted by molar-refractivity contribution is 6.13. The average Bonchev–Trinajstić information content (AvgIpc) is 1.69. The summed E-state index contributed by atoms with van der Waals surface area (Å²) in [6.07, 6.45) is 9.71. The fourth-order valence-electron chi connectivity index (χ4n) is 0.600. The molecule has 0 saturated carbocycles. The van der Waals surface area contributed by atoms with Crippen molar-refractivity contribution in [1.82, 2.24) is 0 Å². The van der Waals surface area contributed by atoms with Gasteiger partial charge in [-0.25, -0.2) is 0 Å². The molecule has 1 rings (SSSR count). The van der Waals surface area contributed by atoms with Crippen LogP contribution in [0.5, 0.6) is 0 Å². The highest BCUT2D eigenvalue weighted by Crippen LogP contribution is 2.11. The van der Waals surface area contributed by atoms with Crippen LogP contribution < -0.4 is 0 Å². The van der Waals surface area contributed by atoms with E-state index in [-0.39, 0.29) is 1.43 Å². The summed E-state index contributed by atoms with van der Waals surface area (Å²) in [6.45, 7) is 0. The summed E-state index contributed by atoms with van der Waals surface area (Å²) in [5.74, 6) is 0. The minimum atomic E-state index is 0. The van der Waals surface area contributed by atoms with Gasteiger partial charge in [0.05, 0.1) is 0 Å². The molecule has 0 bridgehead atoms. The molecule has 1 heteroatoms. The predicted octanol–water partition coefficient (Wildman–Crippen LogP) is 1.71.